The lowest BCUT2D eigenvalue weighted by Gasteiger charge is -2.17. The van der Waals surface area contributed by atoms with Crippen LogP contribution in [0.3, 0.4) is 0 Å². The van der Waals surface area contributed by atoms with Crippen LogP contribution in [0.15, 0.2) is 40.4 Å². The number of aromatic nitrogens is 1. The maximum atomic E-state index is 12.6. The van der Waals surface area contributed by atoms with E-state index in [9.17, 15) is 44.8 Å². The molecular weight excluding hydrogens is 467 g/mol. The van der Waals surface area contributed by atoms with E-state index in [1.165, 1.54) is 6.07 Å². The lowest BCUT2D eigenvalue weighted by molar-refractivity contribution is -0.154. The topological polar surface area (TPSA) is 55.1 Å². The first kappa shape index (κ1) is 24.4. The van der Waals surface area contributed by atoms with Gasteiger partial charge in [-0.25, -0.2) is 4.98 Å². The van der Waals surface area contributed by atoms with Crippen LogP contribution in [0.2, 0.25) is 0 Å². The van der Waals surface area contributed by atoms with Crippen LogP contribution in [0.4, 0.5) is 39.5 Å². The monoisotopic (exact) mass is 476 g/mol. The highest BCUT2D eigenvalue weighted by Crippen LogP contribution is 2.41. The van der Waals surface area contributed by atoms with E-state index >= 15 is 0 Å². The van der Waals surface area contributed by atoms with Crippen LogP contribution in [0.1, 0.15) is 11.1 Å². The summed E-state index contributed by atoms with van der Waals surface area (Å²) >= 11 is 0.546. The lowest BCUT2D eigenvalue weighted by atomic mass is 10.2. The number of hydrogen-bond acceptors (Lipinski definition) is 5. The summed E-state index contributed by atoms with van der Waals surface area (Å²) < 4.78 is 122. The van der Waals surface area contributed by atoms with Crippen molar-refractivity contribution in [2.24, 2.45) is 0 Å². The molecule has 0 N–H and O–H groups in total. The van der Waals surface area contributed by atoms with E-state index in [2.05, 4.69) is 14.5 Å². The van der Waals surface area contributed by atoms with Crippen LogP contribution < -0.4 is 9.47 Å². The summed E-state index contributed by atoms with van der Waals surface area (Å²) in [5.74, 6) is -1.42. The summed E-state index contributed by atoms with van der Waals surface area (Å²) in [6, 6.07) is 4.94. The third kappa shape index (κ3) is 7.42. The minimum atomic E-state index is -4.84. The number of halogens is 9. The average molecular weight is 476 g/mol. The van der Waals surface area contributed by atoms with Crippen molar-refractivity contribution in [3.05, 3.63) is 41.6 Å². The quantitative estimate of drug-likeness (QED) is 0.479. The minimum absolute atomic E-state index is 0.0993. The highest BCUT2D eigenvalue weighted by molar-refractivity contribution is 7.99. The van der Waals surface area contributed by atoms with E-state index in [-0.39, 0.29) is 9.92 Å². The molecule has 0 amide bonds. The number of nitrogens with zero attached hydrogens (tertiary/aromatic N) is 2. The summed E-state index contributed by atoms with van der Waals surface area (Å²) in [7, 11) is 0. The molecule has 1 aromatic carbocycles. The molecule has 14 heteroatoms. The summed E-state index contributed by atoms with van der Waals surface area (Å²) in [5.41, 5.74) is -1.82. The molecule has 0 saturated heterocycles. The average Bonchev–Trinajstić information content (AvgIpc) is 2.63. The van der Waals surface area contributed by atoms with E-state index in [1.54, 1.807) is 0 Å². The second kappa shape index (κ2) is 9.13. The zero-order valence-electron chi connectivity index (χ0n) is 14.8. The molecule has 1 heterocycles. The van der Waals surface area contributed by atoms with Gasteiger partial charge in [0.05, 0.1) is 10.5 Å². The predicted molar refractivity (Wildman–Crippen MR) is 87.6 cm³/mol. The van der Waals surface area contributed by atoms with Crippen molar-refractivity contribution in [3.63, 3.8) is 0 Å². The first-order valence-electron chi connectivity index (χ1n) is 7.87. The Labute approximate surface area is 172 Å². The van der Waals surface area contributed by atoms with Crippen molar-refractivity contribution < 1.29 is 49.0 Å². The molecule has 0 aliphatic rings. The fourth-order valence-corrected chi connectivity index (χ4v) is 2.89. The lowest BCUT2D eigenvalue weighted by Crippen LogP contribution is -2.21. The highest BCUT2D eigenvalue weighted by atomic mass is 32.2. The molecule has 31 heavy (non-hydrogen) atoms. The SMILES string of the molecule is N#Cc1c(OCC(F)(F)F)ccc(Sc2ccc(C(F)(F)F)cn2)c1OCC(F)(F)F. The largest absolute Gasteiger partial charge is 0.483 e. The molecule has 0 unspecified atom stereocenters. The Kier molecular flexibility index (Phi) is 7.20. The summed E-state index contributed by atoms with van der Waals surface area (Å²) in [6.45, 7) is -3.69. The molecule has 0 radical (unpaired) electrons. The first-order valence-corrected chi connectivity index (χ1v) is 8.68. The molecule has 4 nitrogen and oxygen atoms in total. The molecule has 0 fully saturated rings. The van der Waals surface area contributed by atoms with Gasteiger partial charge in [-0.1, -0.05) is 11.8 Å². The molecule has 168 valence electrons. The Morgan fingerprint density at radius 2 is 1.48 bits per heavy atom. The minimum Gasteiger partial charge on any atom is -0.483 e. The third-order valence-electron chi connectivity index (χ3n) is 3.24. The zero-order valence-corrected chi connectivity index (χ0v) is 15.6. The summed E-state index contributed by atoms with van der Waals surface area (Å²) in [4.78, 5) is 3.34. The number of hydrogen-bond donors (Lipinski definition) is 0. The maximum Gasteiger partial charge on any atom is 0.422 e. The van der Waals surface area contributed by atoms with Gasteiger partial charge in [0.1, 0.15) is 22.4 Å². The van der Waals surface area contributed by atoms with Crippen molar-refractivity contribution in [2.75, 3.05) is 13.2 Å². The molecule has 0 bridgehead atoms. The molecule has 0 aliphatic carbocycles. The smallest absolute Gasteiger partial charge is 0.422 e. The van der Waals surface area contributed by atoms with E-state index in [4.69, 9.17) is 0 Å². The van der Waals surface area contributed by atoms with Crippen LogP contribution in [0.5, 0.6) is 11.5 Å². The van der Waals surface area contributed by atoms with Gasteiger partial charge in [-0.05, 0) is 24.3 Å². The Morgan fingerprint density at radius 3 is 1.97 bits per heavy atom. The highest BCUT2D eigenvalue weighted by Gasteiger charge is 2.33. The van der Waals surface area contributed by atoms with Crippen molar-refractivity contribution >= 4 is 11.8 Å². The third-order valence-corrected chi connectivity index (χ3v) is 4.24. The zero-order chi connectivity index (χ0) is 23.4. The van der Waals surface area contributed by atoms with Gasteiger partial charge < -0.3 is 9.47 Å². The molecule has 0 aliphatic heterocycles. The van der Waals surface area contributed by atoms with Crippen LogP contribution >= 0.6 is 11.8 Å². The van der Waals surface area contributed by atoms with E-state index in [0.29, 0.717) is 24.0 Å². The second-order valence-corrected chi connectivity index (χ2v) is 6.73. The van der Waals surface area contributed by atoms with E-state index in [1.807, 2.05) is 0 Å². The molecule has 2 aromatic rings. The van der Waals surface area contributed by atoms with Gasteiger partial charge in [0.25, 0.3) is 0 Å². The van der Waals surface area contributed by atoms with Crippen LogP contribution in [-0.4, -0.2) is 30.6 Å². The number of nitriles is 1. The summed E-state index contributed by atoms with van der Waals surface area (Å²) in [5, 5.41) is 9.15. The number of pyridine rings is 1. The van der Waals surface area contributed by atoms with E-state index < -0.39 is 54.4 Å². The predicted octanol–water partition coefficient (Wildman–Crippen LogP) is 6.01. The molecular formula is C17H9F9N2O2S. The molecule has 2 rings (SSSR count). The number of ether oxygens (including phenoxy) is 2. The van der Waals surface area contributed by atoms with E-state index in [0.717, 1.165) is 18.2 Å². The van der Waals surface area contributed by atoms with Crippen molar-refractivity contribution in [2.45, 2.75) is 28.5 Å². The molecule has 1 aromatic heterocycles. The summed E-state index contributed by atoms with van der Waals surface area (Å²) in [6.07, 6.45) is -13.8. The van der Waals surface area contributed by atoms with Gasteiger partial charge in [0.15, 0.2) is 19.0 Å². The Morgan fingerprint density at radius 1 is 0.871 bits per heavy atom. The van der Waals surface area contributed by atoms with Gasteiger partial charge in [-0.2, -0.15) is 44.8 Å². The number of benzene rings is 1. The van der Waals surface area contributed by atoms with Gasteiger partial charge in [0, 0.05) is 6.20 Å². The van der Waals surface area contributed by atoms with Crippen molar-refractivity contribution in [1.82, 2.24) is 4.98 Å². The van der Waals surface area contributed by atoms with Crippen molar-refractivity contribution in [3.8, 4) is 17.6 Å². The second-order valence-electron chi connectivity index (χ2n) is 5.67. The van der Waals surface area contributed by atoms with Gasteiger partial charge >= 0.3 is 18.5 Å². The fourth-order valence-electron chi connectivity index (χ4n) is 2.03. The fraction of sp³-hybridized carbons (Fsp3) is 0.294. The number of rotatable bonds is 6. The normalized spacial score (nSPS) is 12.4. The first-order chi connectivity index (χ1) is 14.2. The Balaban J connectivity index is 2.41. The Bertz CT molecular complexity index is 949. The molecule has 0 spiro atoms. The van der Waals surface area contributed by atoms with Gasteiger partial charge in [0.2, 0.25) is 0 Å². The van der Waals surface area contributed by atoms with Crippen LogP contribution in [0, 0.1) is 11.3 Å². The molecule has 0 atom stereocenters. The Hall–Kier alpha value is -2.82. The van der Waals surface area contributed by atoms with Gasteiger partial charge in [-0.3, -0.25) is 0 Å². The van der Waals surface area contributed by atoms with Crippen LogP contribution in [0.25, 0.3) is 0 Å². The van der Waals surface area contributed by atoms with Crippen LogP contribution in [-0.2, 0) is 6.18 Å². The number of alkyl halides is 9. The standard InChI is InChI=1S/C17H9F9N2O2S/c18-15(19,20)7-29-11-2-3-12(14(10(11)5-27)30-8-16(21,22)23)31-13-4-1-9(6-28-13)17(24,25)26/h1-4,6H,7-8H2. The van der Waals surface area contributed by atoms with Gasteiger partial charge in [-0.15, -0.1) is 0 Å². The molecule has 0 saturated carbocycles. The maximum absolute atomic E-state index is 12.6. The van der Waals surface area contributed by atoms with Crippen molar-refractivity contribution in [1.29, 1.82) is 5.26 Å².